The largest absolute Gasteiger partial charge is 0.451 e. The molecule has 0 aliphatic heterocycles. The van der Waals surface area contributed by atoms with Crippen LogP contribution >= 0.6 is 0 Å². The summed E-state index contributed by atoms with van der Waals surface area (Å²) in [5.41, 5.74) is 1.92. The van der Waals surface area contributed by atoms with Crippen LogP contribution in [0.3, 0.4) is 0 Å². The van der Waals surface area contributed by atoms with Crippen LogP contribution in [0, 0.1) is 28.6 Å². The summed E-state index contributed by atoms with van der Waals surface area (Å²) in [4.78, 5) is 24.7. The van der Waals surface area contributed by atoms with Gasteiger partial charge in [-0.15, -0.1) is 0 Å². The Balaban J connectivity index is 1.74. The topological polar surface area (TPSA) is 63.6 Å². The molecule has 0 aromatic heterocycles. The first-order chi connectivity index (χ1) is 13.0. The first kappa shape index (κ1) is 20.1. The average Bonchev–Trinajstić information content (AvgIpc) is 2.90. The molecule has 3 fully saturated rings. The van der Waals surface area contributed by atoms with E-state index in [0.29, 0.717) is 24.2 Å². The maximum atomic E-state index is 12.8. The highest BCUT2D eigenvalue weighted by molar-refractivity contribution is 5.89. The SMILES string of the molecule is CC(=O)O[C@]1(C(C)=O)CC[C@H]2[C@@H]3CC(C)=C4C[C@@H](O)CC[C@]4(C)[C@H]3CC[C@@]21C. The van der Waals surface area contributed by atoms with Crippen molar-refractivity contribution in [1.82, 2.24) is 0 Å². The lowest BCUT2D eigenvalue weighted by molar-refractivity contribution is -0.186. The number of rotatable bonds is 2. The first-order valence-electron chi connectivity index (χ1n) is 11.1. The van der Waals surface area contributed by atoms with Gasteiger partial charge in [0.2, 0.25) is 0 Å². The van der Waals surface area contributed by atoms with Crippen LogP contribution in [-0.2, 0) is 14.3 Å². The van der Waals surface area contributed by atoms with Gasteiger partial charge >= 0.3 is 5.97 Å². The number of carbonyl (C=O) groups is 2. The minimum Gasteiger partial charge on any atom is -0.451 e. The Kier molecular flexibility index (Phi) is 4.61. The minimum absolute atomic E-state index is 0.0157. The van der Waals surface area contributed by atoms with E-state index in [9.17, 15) is 14.7 Å². The van der Waals surface area contributed by atoms with Crippen LogP contribution in [0.2, 0.25) is 0 Å². The van der Waals surface area contributed by atoms with E-state index in [0.717, 1.165) is 44.9 Å². The molecule has 28 heavy (non-hydrogen) atoms. The van der Waals surface area contributed by atoms with Crippen molar-refractivity contribution < 1.29 is 19.4 Å². The lowest BCUT2D eigenvalue weighted by atomic mass is 9.46. The van der Waals surface area contributed by atoms with Crippen LogP contribution in [0.5, 0.6) is 0 Å². The summed E-state index contributed by atoms with van der Waals surface area (Å²) >= 11 is 0. The van der Waals surface area contributed by atoms with E-state index >= 15 is 0 Å². The third-order valence-electron chi connectivity index (χ3n) is 9.44. The number of Topliss-reactive ketones (excluding diaryl/α,β-unsaturated/α-hetero) is 1. The van der Waals surface area contributed by atoms with Crippen LogP contribution in [0.4, 0.5) is 0 Å². The van der Waals surface area contributed by atoms with Gasteiger partial charge < -0.3 is 9.84 Å². The van der Waals surface area contributed by atoms with E-state index in [1.54, 1.807) is 6.92 Å². The van der Waals surface area contributed by atoms with Gasteiger partial charge in [0, 0.05) is 12.3 Å². The molecule has 0 saturated heterocycles. The monoisotopic (exact) mass is 388 g/mol. The van der Waals surface area contributed by atoms with Crippen LogP contribution in [0.1, 0.15) is 86.0 Å². The van der Waals surface area contributed by atoms with E-state index in [1.807, 2.05) is 0 Å². The molecule has 0 heterocycles. The summed E-state index contributed by atoms with van der Waals surface area (Å²) in [7, 11) is 0. The van der Waals surface area contributed by atoms with Gasteiger partial charge in [0.1, 0.15) is 0 Å². The molecule has 0 spiro atoms. The zero-order valence-electron chi connectivity index (χ0n) is 18.1. The fourth-order valence-electron chi connectivity index (χ4n) is 8.16. The number of ketones is 1. The standard InChI is InChI=1S/C24H36O4/c1-14-12-18-19(22(4)9-6-17(27)13-21(14)22)7-10-23(5)20(18)8-11-24(23,15(2)25)28-16(3)26/h17-20,27H,6-13H2,1-5H3/t17-,18+,19-,20-,22+,23-,24-/m0/s1. The molecule has 4 heteroatoms. The molecule has 4 aliphatic carbocycles. The summed E-state index contributed by atoms with van der Waals surface area (Å²) in [5.74, 6) is 1.24. The molecule has 0 amide bonds. The molecule has 1 N–H and O–H groups in total. The molecule has 0 radical (unpaired) electrons. The van der Waals surface area contributed by atoms with E-state index in [4.69, 9.17) is 4.74 Å². The Morgan fingerprint density at radius 1 is 1.00 bits per heavy atom. The van der Waals surface area contributed by atoms with Gasteiger partial charge in [-0.25, -0.2) is 0 Å². The molecule has 4 nitrogen and oxygen atoms in total. The van der Waals surface area contributed by atoms with Gasteiger partial charge in [0.15, 0.2) is 11.4 Å². The Morgan fingerprint density at radius 2 is 1.68 bits per heavy atom. The smallest absolute Gasteiger partial charge is 0.303 e. The Labute approximate surface area is 169 Å². The van der Waals surface area contributed by atoms with Crippen LogP contribution in [0.25, 0.3) is 0 Å². The zero-order chi connectivity index (χ0) is 20.5. The van der Waals surface area contributed by atoms with E-state index in [2.05, 4.69) is 20.8 Å². The molecule has 0 unspecified atom stereocenters. The van der Waals surface area contributed by atoms with E-state index in [1.165, 1.54) is 18.1 Å². The number of fused-ring (bicyclic) bond motifs is 5. The highest BCUT2D eigenvalue weighted by atomic mass is 16.6. The molecule has 0 bridgehead atoms. The first-order valence-corrected chi connectivity index (χ1v) is 11.1. The molecule has 0 aromatic rings. The summed E-state index contributed by atoms with van der Waals surface area (Å²) in [5, 5.41) is 10.3. The van der Waals surface area contributed by atoms with Gasteiger partial charge in [-0.05, 0) is 88.4 Å². The van der Waals surface area contributed by atoms with Crippen LogP contribution < -0.4 is 0 Å². The number of hydrogen-bond acceptors (Lipinski definition) is 4. The average molecular weight is 389 g/mol. The molecule has 3 saturated carbocycles. The van der Waals surface area contributed by atoms with Gasteiger partial charge in [0.05, 0.1) is 6.10 Å². The fourth-order valence-corrected chi connectivity index (χ4v) is 8.16. The van der Waals surface area contributed by atoms with Crippen molar-refractivity contribution in [3.8, 4) is 0 Å². The van der Waals surface area contributed by atoms with Gasteiger partial charge in [-0.1, -0.05) is 25.0 Å². The summed E-state index contributed by atoms with van der Waals surface area (Å²) < 4.78 is 5.85. The van der Waals surface area contributed by atoms with Crippen LogP contribution in [-0.4, -0.2) is 28.6 Å². The number of allylic oxidation sites excluding steroid dienone is 1. The van der Waals surface area contributed by atoms with Crippen molar-refractivity contribution in [2.24, 2.45) is 28.6 Å². The maximum Gasteiger partial charge on any atom is 0.303 e. The molecule has 4 aliphatic rings. The number of hydrogen-bond donors (Lipinski definition) is 1. The van der Waals surface area contributed by atoms with Crippen LogP contribution in [0.15, 0.2) is 11.1 Å². The van der Waals surface area contributed by atoms with Gasteiger partial charge in [0.25, 0.3) is 0 Å². The number of ether oxygens (including phenoxy) is 1. The summed E-state index contributed by atoms with van der Waals surface area (Å²) in [6.45, 7) is 9.94. The lowest BCUT2D eigenvalue weighted by Crippen LogP contribution is -2.58. The highest BCUT2D eigenvalue weighted by Crippen LogP contribution is 2.68. The summed E-state index contributed by atoms with van der Waals surface area (Å²) in [6, 6.07) is 0. The maximum absolute atomic E-state index is 12.8. The third kappa shape index (κ3) is 2.52. The van der Waals surface area contributed by atoms with Crippen molar-refractivity contribution >= 4 is 11.8 Å². The molecule has 4 rings (SSSR count). The minimum atomic E-state index is -0.948. The van der Waals surface area contributed by atoms with Gasteiger partial charge in [-0.2, -0.15) is 0 Å². The second-order valence-electron chi connectivity index (χ2n) is 10.6. The molecule has 156 valence electrons. The third-order valence-corrected chi connectivity index (χ3v) is 9.44. The second kappa shape index (κ2) is 6.42. The fraction of sp³-hybridized carbons (Fsp3) is 0.833. The van der Waals surface area contributed by atoms with E-state index in [-0.39, 0.29) is 28.7 Å². The second-order valence-corrected chi connectivity index (χ2v) is 10.6. The Morgan fingerprint density at radius 3 is 2.32 bits per heavy atom. The van der Waals surface area contributed by atoms with Crippen molar-refractivity contribution in [1.29, 1.82) is 0 Å². The highest BCUT2D eigenvalue weighted by Gasteiger charge is 2.67. The van der Waals surface area contributed by atoms with Crippen molar-refractivity contribution in [3.63, 3.8) is 0 Å². The molecular weight excluding hydrogens is 352 g/mol. The molecular formula is C24H36O4. The number of carbonyl (C=O) groups excluding carboxylic acids is 2. The number of aliphatic hydroxyl groups excluding tert-OH is 1. The number of esters is 1. The predicted octanol–water partition coefficient (Wildman–Crippen LogP) is 4.59. The molecule has 7 atom stereocenters. The van der Waals surface area contributed by atoms with Crippen molar-refractivity contribution in [3.05, 3.63) is 11.1 Å². The van der Waals surface area contributed by atoms with Crippen molar-refractivity contribution in [2.45, 2.75) is 97.7 Å². The number of aliphatic hydroxyl groups is 1. The Hall–Kier alpha value is -1.16. The Bertz CT molecular complexity index is 739. The van der Waals surface area contributed by atoms with Crippen molar-refractivity contribution in [2.75, 3.05) is 0 Å². The normalized spacial score (nSPS) is 47.8. The molecule has 0 aromatic carbocycles. The quantitative estimate of drug-likeness (QED) is 0.555. The summed E-state index contributed by atoms with van der Waals surface area (Å²) in [6.07, 6.45) is 7.31. The van der Waals surface area contributed by atoms with E-state index < -0.39 is 5.60 Å². The zero-order valence-corrected chi connectivity index (χ0v) is 18.1. The predicted molar refractivity (Wildman–Crippen MR) is 108 cm³/mol. The van der Waals surface area contributed by atoms with Gasteiger partial charge in [-0.3, -0.25) is 9.59 Å². The lowest BCUT2D eigenvalue weighted by Gasteiger charge is -2.59.